The minimum absolute atomic E-state index is 0.0423. The van der Waals surface area contributed by atoms with Crippen LogP contribution >= 0.6 is 11.6 Å². The normalized spacial score (nSPS) is 26.4. The van der Waals surface area contributed by atoms with Crippen LogP contribution in [0.15, 0.2) is 39.7 Å². The molecule has 0 aromatic heterocycles. The van der Waals surface area contributed by atoms with Crippen molar-refractivity contribution in [3.05, 3.63) is 34.7 Å². The lowest BCUT2D eigenvalue weighted by Gasteiger charge is -2.27. The van der Waals surface area contributed by atoms with E-state index in [4.69, 9.17) is 11.6 Å². The van der Waals surface area contributed by atoms with E-state index in [0.29, 0.717) is 17.0 Å². The summed E-state index contributed by atoms with van der Waals surface area (Å²) in [6, 6.07) is 0. The third-order valence-electron chi connectivity index (χ3n) is 2.77. The van der Waals surface area contributed by atoms with E-state index in [2.05, 4.69) is 4.99 Å². The van der Waals surface area contributed by atoms with Crippen LogP contribution in [0.4, 0.5) is 4.39 Å². The number of allylic oxidation sites excluding steroid dienone is 5. The van der Waals surface area contributed by atoms with Crippen LogP contribution in [0.3, 0.4) is 0 Å². The van der Waals surface area contributed by atoms with Crippen LogP contribution in [-0.2, 0) is 4.79 Å². The van der Waals surface area contributed by atoms with Gasteiger partial charge >= 0.3 is 0 Å². The molecule has 4 heteroatoms. The number of aliphatic imine (C=N–C) groups is 1. The minimum atomic E-state index is -0.899. The number of isocyanates is 1. The fourth-order valence-corrected chi connectivity index (χ4v) is 2.24. The molecule has 1 aliphatic rings. The Kier molecular flexibility index (Phi) is 4.44. The second-order valence-corrected chi connectivity index (χ2v) is 5.03. The molecule has 0 bridgehead atoms. The molecule has 0 fully saturated rings. The molecule has 1 aliphatic carbocycles. The molecule has 17 heavy (non-hydrogen) atoms. The van der Waals surface area contributed by atoms with Gasteiger partial charge in [-0.2, -0.15) is 4.99 Å². The van der Waals surface area contributed by atoms with Crippen molar-refractivity contribution in [2.75, 3.05) is 0 Å². The quantitative estimate of drug-likeness (QED) is 0.541. The average Bonchev–Trinajstić information content (AvgIpc) is 2.14. The SMILES string of the molecule is CC1C/C=C/C(Cl)=C\C(F)=C1C(C)(C)N=C=O. The lowest BCUT2D eigenvalue weighted by Crippen LogP contribution is -2.26. The zero-order valence-electron chi connectivity index (χ0n) is 10.1. The average molecular weight is 256 g/mol. The fraction of sp³-hybridized carbons (Fsp3) is 0.462. The van der Waals surface area contributed by atoms with Gasteiger partial charge in [-0.25, -0.2) is 9.18 Å². The van der Waals surface area contributed by atoms with E-state index >= 15 is 0 Å². The maximum Gasteiger partial charge on any atom is 0.235 e. The first-order valence-corrected chi connectivity index (χ1v) is 5.79. The highest BCUT2D eigenvalue weighted by Crippen LogP contribution is 2.35. The van der Waals surface area contributed by atoms with Gasteiger partial charge in [0.05, 0.1) is 5.54 Å². The standard InChI is InChI=1S/C13H15ClFNO/c1-9-5-4-6-10(14)7-11(15)12(9)13(2,3)16-8-17/h4,6-7,9H,5H2,1-3H3/b6-4+,10-7+,12-11?. The van der Waals surface area contributed by atoms with Gasteiger partial charge in [0.1, 0.15) is 5.83 Å². The van der Waals surface area contributed by atoms with Gasteiger partial charge in [-0.15, -0.1) is 0 Å². The summed E-state index contributed by atoms with van der Waals surface area (Å²) in [6.07, 6.45) is 6.97. The summed E-state index contributed by atoms with van der Waals surface area (Å²) in [5, 5.41) is 0.331. The van der Waals surface area contributed by atoms with E-state index in [1.807, 2.05) is 13.0 Å². The van der Waals surface area contributed by atoms with Crippen LogP contribution in [0.25, 0.3) is 0 Å². The third kappa shape index (κ3) is 3.39. The molecular weight excluding hydrogens is 241 g/mol. The van der Waals surface area contributed by atoms with Crippen LogP contribution in [0.1, 0.15) is 27.2 Å². The first-order valence-electron chi connectivity index (χ1n) is 5.41. The van der Waals surface area contributed by atoms with Crippen molar-refractivity contribution in [3.63, 3.8) is 0 Å². The summed E-state index contributed by atoms with van der Waals surface area (Å²) in [4.78, 5) is 14.1. The summed E-state index contributed by atoms with van der Waals surface area (Å²) in [6.45, 7) is 5.28. The van der Waals surface area contributed by atoms with Crippen molar-refractivity contribution in [3.8, 4) is 0 Å². The Labute approximate surface area is 106 Å². The van der Waals surface area contributed by atoms with Gasteiger partial charge < -0.3 is 0 Å². The number of carbonyl (C=O) groups excluding carboxylic acids is 1. The maximum absolute atomic E-state index is 14.1. The summed E-state index contributed by atoms with van der Waals surface area (Å²) in [5.74, 6) is -0.463. The summed E-state index contributed by atoms with van der Waals surface area (Å²) in [7, 11) is 0. The minimum Gasteiger partial charge on any atom is -0.211 e. The largest absolute Gasteiger partial charge is 0.235 e. The lowest BCUT2D eigenvalue weighted by molar-refractivity contribution is 0.474. The molecule has 1 rings (SSSR count). The Hall–Kier alpha value is -1.18. The predicted molar refractivity (Wildman–Crippen MR) is 67.2 cm³/mol. The number of hydrogen-bond acceptors (Lipinski definition) is 2. The summed E-state index contributed by atoms with van der Waals surface area (Å²) >= 11 is 5.82. The molecule has 0 aliphatic heterocycles. The van der Waals surface area contributed by atoms with Crippen LogP contribution in [-0.4, -0.2) is 11.6 Å². The van der Waals surface area contributed by atoms with Gasteiger partial charge in [-0.05, 0) is 43.9 Å². The first kappa shape index (κ1) is 13.9. The van der Waals surface area contributed by atoms with Gasteiger partial charge in [-0.1, -0.05) is 24.6 Å². The van der Waals surface area contributed by atoms with E-state index in [1.165, 1.54) is 12.2 Å². The second-order valence-electron chi connectivity index (χ2n) is 4.59. The van der Waals surface area contributed by atoms with E-state index in [9.17, 15) is 9.18 Å². The monoisotopic (exact) mass is 255 g/mol. The Balaban J connectivity index is 3.34. The highest BCUT2D eigenvalue weighted by Gasteiger charge is 2.30. The van der Waals surface area contributed by atoms with E-state index < -0.39 is 11.4 Å². The Morgan fingerprint density at radius 2 is 2.24 bits per heavy atom. The van der Waals surface area contributed by atoms with Crippen molar-refractivity contribution in [1.29, 1.82) is 0 Å². The zero-order chi connectivity index (χ0) is 13.1. The van der Waals surface area contributed by atoms with Crippen molar-refractivity contribution in [2.24, 2.45) is 10.9 Å². The van der Waals surface area contributed by atoms with Gasteiger partial charge in [-0.3, -0.25) is 0 Å². The highest BCUT2D eigenvalue weighted by molar-refractivity contribution is 6.31. The molecule has 0 aromatic carbocycles. The molecule has 2 nitrogen and oxygen atoms in total. The zero-order valence-corrected chi connectivity index (χ0v) is 10.9. The van der Waals surface area contributed by atoms with Gasteiger partial charge in [0.25, 0.3) is 0 Å². The Morgan fingerprint density at radius 3 is 2.82 bits per heavy atom. The highest BCUT2D eigenvalue weighted by atomic mass is 35.5. The fourth-order valence-electron chi connectivity index (χ4n) is 2.05. The summed E-state index contributed by atoms with van der Waals surface area (Å²) in [5.41, 5.74) is -0.423. The summed E-state index contributed by atoms with van der Waals surface area (Å²) < 4.78 is 14.1. The molecule has 0 amide bonds. The lowest BCUT2D eigenvalue weighted by atomic mass is 9.82. The van der Waals surface area contributed by atoms with Crippen molar-refractivity contribution < 1.29 is 9.18 Å². The maximum atomic E-state index is 14.1. The number of halogens is 2. The van der Waals surface area contributed by atoms with Crippen molar-refractivity contribution >= 4 is 17.7 Å². The number of rotatable bonds is 2. The van der Waals surface area contributed by atoms with Crippen LogP contribution in [0, 0.1) is 5.92 Å². The van der Waals surface area contributed by atoms with E-state index in [-0.39, 0.29) is 5.92 Å². The molecule has 0 saturated carbocycles. The Morgan fingerprint density at radius 1 is 1.59 bits per heavy atom. The molecule has 0 heterocycles. The van der Waals surface area contributed by atoms with Crippen LogP contribution < -0.4 is 0 Å². The molecular formula is C13H15ClFNO. The van der Waals surface area contributed by atoms with E-state index in [1.54, 1.807) is 19.9 Å². The van der Waals surface area contributed by atoms with Gasteiger partial charge in [0.15, 0.2) is 0 Å². The Bertz CT molecular complexity index is 442. The van der Waals surface area contributed by atoms with Crippen molar-refractivity contribution in [1.82, 2.24) is 0 Å². The topological polar surface area (TPSA) is 29.4 Å². The second kappa shape index (κ2) is 5.44. The first-order chi connectivity index (χ1) is 7.88. The molecule has 1 unspecified atom stereocenters. The van der Waals surface area contributed by atoms with Crippen LogP contribution in [0.2, 0.25) is 0 Å². The smallest absolute Gasteiger partial charge is 0.211 e. The van der Waals surface area contributed by atoms with Crippen molar-refractivity contribution in [2.45, 2.75) is 32.7 Å². The van der Waals surface area contributed by atoms with Gasteiger partial charge in [0, 0.05) is 5.03 Å². The molecule has 1 atom stereocenters. The molecule has 92 valence electrons. The van der Waals surface area contributed by atoms with E-state index in [0.717, 1.165) is 0 Å². The van der Waals surface area contributed by atoms with Gasteiger partial charge in [0.2, 0.25) is 6.08 Å². The molecule has 0 spiro atoms. The molecule has 0 radical (unpaired) electrons. The van der Waals surface area contributed by atoms with Crippen LogP contribution in [0.5, 0.6) is 0 Å². The molecule has 0 N–H and O–H groups in total. The number of nitrogens with zero attached hydrogens (tertiary/aromatic N) is 1. The number of hydrogen-bond donors (Lipinski definition) is 0. The molecule has 0 aromatic rings. The third-order valence-corrected chi connectivity index (χ3v) is 3.00. The predicted octanol–water partition coefficient (Wildman–Crippen LogP) is 4.04. The molecule has 0 saturated heterocycles.